The van der Waals surface area contributed by atoms with Gasteiger partial charge in [-0.25, -0.2) is 0 Å². The van der Waals surface area contributed by atoms with Crippen LogP contribution in [0.3, 0.4) is 0 Å². The molecule has 0 unspecified atom stereocenters. The molecular formula is C12H12N2O3. The first-order valence-corrected chi connectivity index (χ1v) is 4.99. The van der Waals surface area contributed by atoms with Gasteiger partial charge in [-0.05, 0) is 24.3 Å². The lowest BCUT2D eigenvalue weighted by molar-refractivity contribution is 0.0996. The van der Waals surface area contributed by atoms with Crippen molar-refractivity contribution in [3.8, 4) is 5.75 Å². The molecule has 5 nitrogen and oxygen atoms in total. The molecule has 0 bridgehead atoms. The van der Waals surface area contributed by atoms with Crippen LogP contribution in [0.25, 0.3) is 0 Å². The Hall–Kier alpha value is -2.43. The summed E-state index contributed by atoms with van der Waals surface area (Å²) in [6.45, 7) is 0. The largest absolute Gasteiger partial charge is 0.497 e. The number of anilines is 2. The van der Waals surface area contributed by atoms with Crippen LogP contribution in [0.15, 0.2) is 41.0 Å². The zero-order chi connectivity index (χ0) is 12.3. The van der Waals surface area contributed by atoms with E-state index in [2.05, 4.69) is 5.32 Å². The number of rotatable bonds is 3. The molecule has 0 fully saturated rings. The van der Waals surface area contributed by atoms with E-state index in [9.17, 15) is 4.79 Å². The molecule has 17 heavy (non-hydrogen) atoms. The number of carbonyl (C=O) groups excluding carboxylic acids is 1. The molecule has 88 valence electrons. The highest BCUT2D eigenvalue weighted by Gasteiger charge is 2.10. The lowest BCUT2D eigenvalue weighted by Gasteiger charge is -2.08. The summed E-state index contributed by atoms with van der Waals surface area (Å²) in [6, 6.07) is 8.25. The van der Waals surface area contributed by atoms with Gasteiger partial charge in [0.25, 0.3) is 5.91 Å². The van der Waals surface area contributed by atoms with E-state index < -0.39 is 0 Å². The summed E-state index contributed by atoms with van der Waals surface area (Å²) >= 11 is 0. The first kappa shape index (κ1) is 11.1. The van der Waals surface area contributed by atoms with Crippen LogP contribution in [0.5, 0.6) is 5.75 Å². The average Bonchev–Trinajstić information content (AvgIpc) is 2.85. The topological polar surface area (TPSA) is 77.5 Å². The minimum absolute atomic E-state index is 0.229. The Kier molecular flexibility index (Phi) is 3.00. The minimum atomic E-state index is -0.352. The van der Waals surface area contributed by atoms with Gasteiger partial charge in [0, 0.05) is 6.07 Å². The van der Waals surface area contributed by atoms with E-state index in [1.54, 1.807) is 37.4 Å². The highest BCUT2D eigenvalue weighted by Crippen LogP contribution is 2.24. The van der Waals surface area contributed by atoms with Crippen molar-refractivity contribution in [2.45, 2.75) is 0 Å². The van der Waals surface area contributed by atoms with E-state index in [1.165, 1.54) is 6.26 Å². The Balaban J connectivity index is 2.21. The summed E-state index contributed by atoms with van der Waals surface area (Å²) in [4.78, 5) is 11.7. The second kappa shape index (κ2) is 4.61. The summed E-state index contributed by atoms with van der Waals surface area (Å²) in [5, 5.41) is 2.65. The van der Waals surface area contributed by atoms with Crippen LogP contribution in [-0.4, -0.2) is 13.0 Å². The maximum atomic E-state index is 11.7. The van der Waals surface area contributed by atoms with Gasteiger partial charge in [0.05, 0.1) is 24.7 Å². The molecule has 3 N–H and O–H groups in total. The van der Waals surface area contributed by atoms with E-state index in [0.717, 1.165) is 0 Å². The quantitative estimate of drug-likeness (QED) is 0.794. The number of methoxy groups -OCH3 is 1. The Morgan fingerprint density at radius 3 is 2.88 bits per heavy atom. The van der Waals surface area contributed by atoms with Gasteiger partial charge >= 0.3 is 0 Å². The number of carbonyl (C=O) groups is 1. The monoisotopic (exact) mass is 232 g/mol. The van der Waals surface area contributed by atoms with E-state index >= 15 is 0 Å². The standard InChI is InChI=1S/C12H12N2O3/c1-16-8-4-5-9(13)10(7-8)14-12(15)11-3-2-6-17-11/h2-7H,13H2,1H3,(H,14,15). The first-order valence-electron chi connectivity index (χ1n) is 4.99. The van der Waals surface area contributed by atoms with Gasteiger partial charge in [-0.2, -0.15) is 0 Å². The molecule has 0 radical (unpaired) electrons. The molecule has 0 aliphatic rings. The van der Waals surface area contributed by atoms with Crippen LogP contribution in [0.4, 0.5) is 11.4 Å². The molecule has 1 heterocycles. The molecule has 0 spiro atoms. The number of nitrogens with two attached hydrogens (primary N) is 1. The van der Waals surface area contributed by atoms with Crippen LogP contribution < -0.4 is 15.8 Å². The molecule has 5 heteroatoms. The number of ether oxygens (including phenoxy) is 1. The van der Waals surface area contributed by atoms with Crippen LogP contribution in [0, 0.1) is 0 Å². The number of furan rings is 1. The number of hydrogen-bond donors (Lipinski definition) is 2. The normalized spacial score (nSPS) is 9.94. The zero-order valence-electron chi connectivity index (χ0n) is 9.27. The van der Waals surface area contributed by atoms with Crippen molar-refractivity contribution >= 4 is 17.3 Å². The van der Waals surface area contributed by atoms with Crippen molar-refractivity contribution in [2.24, 2.45) is 0 Å². The van der Waals surface area contributed by atoms with Crippen LogP contribution in [0.2, 0.25) is 0 Å². The van der Waals surface area contributed by atoms with Crippen LogP contribution >= 0.6 is 0 Å². The van der Waals surface area contributed by atoms with Crippen molar-refractivity contribution in [1.82, 2.24) is 0 Å². The third-order valence-electron chi connectivity index (χ3n) is 2.25. The minimum Gasteiger partial charge on any atom is -0.497 e. The van der Waals surface area contributed by atoms with E-state index in [-0.39, 0.29) is 11.7 Å². The van der Waals surface area contributed by atoms with Gasteiger partial charge in [-0.3, -0.25) is 4.79 Å². The van der Waals surface area contributed by atoms with Crippen LogP contribution in [0.1, 0.15) is 10.6 Å². The van der Waals surface area contributed by atoms with Gasteiger partial charge in [0.1, 0.15) is 5.75 Å². The molecule has 2 aromatic rings. The highest BCUT2D eigenvalue weighted by atomic mass is 16.5. The molecule has 1 amide bonds. The third-order valence-corrected chi connectivity index (χ3v) is 2.25. The van der Waals surface area contributed by atoms with Gasteiger partial charge < -0.3 is 20.2 Å². The number of nitrogens with one attached hydrogen (secondary N) is 1. The van der Waals surface area contributed by atoms with Gasteiger partial charge in [-0.1, -0.05) is 0 Å². The second-order valence-corrected chi connectivity index (χ2v) is 3.38. The first-order chi connectivity index (χ1) is 8.20. The number of benzene rings is 1. The summed E-state index contributed by atoms with van der Waals surface area (Å²) in [5.41, 5.74) is 6.70. The van der Waals surface area contributed by atoms with Crippen molar-refractivity contribution < 1.29 is 13.9 Å². The Morgan fingerprint density at radius 1 is 1.41 bits per heavy atom. The fourth-order valence-electron chi connectivity index (χ4n) is 1.36. The fraction of sp³-hybridized carbons (Fsp3) is 0.0833. The zero-order valence-corrected chi connectivity index (χ0v) is 9.27. The molecule has 0 aliphatic heterocycles. The molecule has 0 atom stereocenters. The Morgan fingerprint density at radius 2 is 2.24 bits per heavy atom. The summed E-state index contributed by atoms with van der Waals surface area (Å²) in [7, 11) is 1.55. The summed E-state index contributed by atoms with van der Waals surface area (Å²) in [6.07, 6.45) is 1.43. The molecule has 0 saturated carbocycles. The number of hydrogen-bond acceptors (Lipinski definition) is 4. The predicted octanol–water partition coefficient (Wildman–Crippen LogP) is 2.12. The van der Waals surface area contributed by atoms with Gasteiger partial charge in [-0.15, -0.1) is 0 Å². The van der Waals surface area contributed by atoms with Crippen molar-refractivity contribution in [3.05, 3.63) is 42.4 Å². The van der Waals surface area contributed by atoms with E-state index in [4.69, 9.17) is 14.9 Å². The third kappa shape index (κ3) is 2.39. The van der Waals surface area contributed by atoms with Crippen LogP contribution in [-0.2, 0) is 0 Å². The van der Waals surface area contributed by atoms with Gasteiger partial charge in [0.2, 0.25) is 0 Å². The van der Waals surface area contributed by atoms with Crippen molar-refractivity contribution in [1.29, 1.82) is 0 Å². The fourth-order valence-corrected chi connectivity index (χ4v) is 1.36. The highest BCUT2D eigenvalue weighted by molar-refractivity contribution is 6.04. The Labute approximate surface area is 98.2 Å². The average molecular weight is 232 g/mol. The molecule has 1 aromatic heterocycles. The maximum Gasteiger partial charge on any atom is 0.291 e. The Bertz CT molecular complexity index is 521. The molecular weight excluding hydrogens is 220 g/mol. The van der Waals surface area contributed by atoms with Crippen molar-refractivity contribution in [2.75, 3.05) is 18.2 Å². The molecule has 2 rings (SSSR count). The lowest BCUT2D eigenvalue weighted by Crippen LogP contribution is -2.12. The van der Waals surface area contributed by atoms with E-state index in [0.29, 0.717) is 17.1 Å². The van der Waals surface area contributed by atoms with E-state index in [1.807, 2.05) is 0 Å². The summed E-state index contributed by atoms with van der Waals surface area (Å²) in [5.74, 6) is 0.496. The smallest absolute Gasteiger partial charge is 0.291 e. The lowest BCUT2D eigenvalue weighted by atomic mass is 10.2. The van der Waals surface area contributed by atoms with Gasteiger partial charge in [0.15, 0.2) is 5.76 Å². The predicted molar refractivity (Wildman–Crippen MR) is 64.1 cm³/mol. The number of amides is 1. The molecule has 0 saturated heterocycles. The van der Waals surface area contributed by atoms with Crippen molar-refractivity contribution in [3.63, 3.8) is 0 Å². The SMILES string of the molecule is COc1ccc(N)c(NC(=O)c2ccco2)c1. The molecule has 0 aliphatic carbocycles. The second-order valence-electron chi connectivity index (χ2n) is 3.38. The summed E-state index contributed by atoms with van der Waals surface area (Å²) < 4.78 is 10.0. The maximum absolute atomic E-state index is 11.7. The number of nitrogen functional groups attached to an aromatic ring is 1. The molecule has 1 aromatic carbocycles.